The topological polar surface area (TPSA) is 45.2 Å². The lowest BCUT2D eigenvalue weighted by Gasteiger charge is -2.27. The summed E-state index contributed by atoms with van der Waals surface area (Å²) in [6.07, 6.45) is 3.92. The number of nitrogens with one attached hydrogen (secondary N) is 1. The van der Waals surface area contributed by atoms with Gasteiger partial charge in [-0.1, -0.05) is 43.7 Å². The van der Waals surface area contributed by atoms with Crippen LogP contribution in [0.2, 0.25) is 0 Å². The maximum atomic E-state index is 12.9. The van der Waals surface area contributed by atoms with Crippen molar-refractivity contribution in [1.82, 2.24) is 9.88 Å². The molecule has 2 rings (SSSR count). The Morgan fingerprint density at radius 2 is 1.96 bits per heavy atom. The maximum Gasteiger partial charge on any atom is 0.254 e. The minimum absolute atomic E-state index is 0.0368. The summed E-state index contributed by atoms with van der Waals surface area (Å²) in [6.45, 7) is 7.72. The van der Waals surface area contributed by atoms with Gasteiger partial charge in [-0.25, -0.2) is 4.98 Å². The van der Waals surface area contributed by atoms with Gasteiger partial charge >= 0.3 is 0 Å². The van der Waals surface area contributed by atoms with Gasteiger partial charge in [-0.3, -0.25) is 4.79 Å². The predicted molar refractivity (Wildman–Crippen MR) is 99.1 cm³/mol. The van der Waals surface area contributed by atoms with Crippen LogP contribution in [0.1, 0.15) is 49.5 Å². The lowest BCUT2D eigenvalue weighted by molar-refractivity contribution is 0.0690. The molecule has 0 unspecified atom stereocenters. The highest BCUT2D eigenvalue weighted by atomic mass is 16.2. The zero-order valence-electron chi connectivity index (χ0n) is 14.8. The monoisotopic (exact) mass is 325 g/mol. The normalized spacial score (nSPS) is 10.7. The van der Waals surface area contributed by atoms with Crippen molar-refractivity contribution in [2.75, 3.05) is 11.9 Å². The summed E-state index contributed by atoms with van der Waals surface area (Å²) in [7, 11) is 0. The predicted octanol–water partition coefficient (Wildman–Crippen LogP) is 4.34. The number of benzene rings is 1. The molecule has 128 valence electrons. The van der Waals surface area contributed by atoms with E-state index in [0.29, 0.717) is 12.1 Å². The summed E-state index contributed by atoms with van der Waals surface area (Å²) < 4.78 is 0. The Balaban J connectivity index is 2.13. The highest BCUT2D eigenvalue weighted by molar-refractivity contribution is 5.95. The van der Waals surface area contributed by atoms with Crippen molar-refractivity contribution in [2.24, 2.45) is 0 Å². The second kappa shape index (κ2) is 9.06. The van der Waals surface area contributed by atoms with Crippen LogP contribution in [0, 0.1) is 0 Å². The molecule has 0 aliphatic carbocycles. The number of hydrogen-bond acceptors (Lipinski definition) is 3. The Kier molecular flexibility index (Phi) is 6.79. The molecular weight excluding hydrogens is 298 g/mol. The molecule has 0 spiro atoms. The first-order valence-electron chi connectivity index (χ1n) is 8.66. The van der Waals surface area contributed by atoms with E-state index in [4.69, 9.17) is 0 Å². The molecule has 0 aliphatic rings. The van der Waals surface area contributed by atoms with Gasteiger partial charge in [0.25, 0.3) is 5.91 Å². The quantitative estimate of drug-likeness (QED) is 0.734. The third-order valence-corrected chi connectivity index (χ3v) is 3.92. The van der Waals surface area contributed by atoms with Gasteiger partial charge in [0.15, 0.2) is 0 Å². The van der Waals surface area contributed by atoms with Crippen molar-refractivity contribution < 1.29 is 4.79 Å². The molecule has 0 aliphatic heterocycles. The fourth-order valence-electron chi connectivity index (χ4n) is 2.49. The third-order valence-electron chi connectivity index (χ3n) is 3.92. The van der Waals surface area contributed by atoms with Crippen LogP contribution in [0.25, 0.3) is 0 Å². The standard InChI is InChI=1S/C20H27N3O/c1-4-5-12-21-19-14-18(11-13-22-19)20(24)23(16(2)3)15-17-9-7-6-8-10-17/h6-11,13-14,16H,4-5,12,15H2,1-3H3,(H,21,22). The number of carbonyl (C=O) groups is 1. The van der Waals surface area contributed by atoms with E-state index in [-0.39, 0.29) is 11.9 Å². The zero-order chi connectivity index (χ0) is 17.4. The molecule has 0 saturated heterocycles. The van der Waals surface area contributed by atoms with Crippen LogP contribution >= 0.6 is 0 Å². The Morgan fingerprint density at radius 3 is 2.62 bits per heavy atom. The Morgan fingerprint density at radius 1 is 1.21 bits per heavy atom. The average Bonchev–Trinajstić information content (AvgIpc) is 2.60. The minimum Gasteiger partial charge on any atom is -0.370 e. The molecular formula is C20H27N3O. The van der Waals surface area contributed by atoms with Gasteiger partial charge in [-0.2, -0.15) is 0 Å². The number of amides is 1. The number of pyridine rings is 1. The number of carbonyl (C=O) groups excluding carboxylic acids is 1. The molecule has 1 aromatic carbocycles. The molecule has 24 heavy (non-hydrogen) atoms. The third kappa shape index (κ3) is 5.08. The van der Waals surface area contributed by atoms with Gasteiger partial charge in [-0.05, 0) is 38.0 Å². The highest BCUT2D eigenvalue weighted by Gasteiger charge is 2.19. The van der Waals surface area contributed by atoms with Crippen molar-refractivity contribution in [1.29, 1.82) is 0 Å². The lowest BCUT2D eigenvalue weighted by atomic mass is 10.1. The number of unbranched alkanes of at least 4 members (excludes halogenated alkanes) is 1. The van der Waals surface area contributed by atoms with Gasteiger partial charge < -0.3 is 10.2 Å². The maximum absolute atomic E-state index is 12.9. The van der Waals surface area contributed by atoms with Crippen LogP contribution in [0.3, 0.4) is 0 Å². The molecule has 4 heteroatoms. The van der Waals surface area contributed by atoms with E-state index in [9.17, 15) is 4.79 Å². The Bertz CT molecular complexity index is 640. The van der Waals surface area contributed by atoms with E-state index in [1.807, 2.05) is 55.1 Å². The summed E-state index contributed by atoms with van der Waals surface area (Å²) >= 11 is 0. The van der Waals surface area contributed by atoms with E-state index >= 15 is 0 Å². The van der Waals surface area contributed by atoms with Crippen LogP contribution in [-0.2, 0) is 6.54 Å². The van der Waals surface area contributed by atoms with Crippen molar-refractivity contribution >= 4 is 11.7 Å². The number of nitrogens with zero attached hydrogens (tertiary/aromatic N) is 2. The first-order chi connectivity index (χ1) is 11.6. The number of aromatic nitrogens is 1. The molecule has 0 bridgehead atoms. The summed E-state index contributed by atoms with van der Waals surface area (Å²) in [5.74, 6) is 0.799. The fraction of sp³-hybridized carbons (Fsp3) is 0.400. The van der Waals surface area contributed by atoms with E-state index in [1.165, 1.54) is 0 Å². The van der Waals surface area contributed by atoms with Crippen molar-refractivity contribution in [2.45, 2.75) is 46.2 Å². The second-order valence-corrected chi connectivity index (χ2v) is 6.22. The molecule has 0 fully saturated rings. The van der Waals surface area contributed by atoms with Crippen LogP contribution in [-0.4, -0.2) is 28.4 Å². The van der Waals surface area contributed by atoms with E-state index in [2.05, 4.69) is 17.2 Å². The molecule has 1 amide bonds. The summed E-state index contributed by atoms with van der Waals surface area (Å²) in [5, 5.41) is 3.28. The van der Waals surface area contributed by atoms with Gasteiger partial charge in [0.1, 0.15) is 5.82 Å². The molecule has 0 atom stereocenters. The average molecular weight is 325 g/mol. The zero-order valence-corrected chi connectivity index (χ0v) is 14.8. The van der Waals surface area contributed by atoms with Gasteiger partial charge in [-0.15, -0.1) is 0 Å². The van der Waals surface area contributed by atoms with Gasteiger partial charge in [0.05, 0.1) is 0 Å². The van der Waals surface area contributed by atoms with Crippen LogP contribution in [0.15, 0.2) is 48.7 Å². The van der Waals surface area contributed by atoms with Crippen molar-refractivity contribution in [3.63, 3.8) is 0 Å². The SMILES string of the molecule is CCCCNc1cc(C(=O)N(Cc2ccccc2)C(C)C)ccn1. The Labute approximate surface area is 144 Å². The summed E-state index contributed by atoms with van der Waals surface area (Å²) in [4.78, 5) is 19.1. The molecule has 4 nitrogen and oxygen atoms in total. The smallest absolute Gasteiger partial charge is 0.254 e. The number of anilines is 1. The first-order valence-corrected chi connectivity index (χ1v) is 8.66. The van der Waals surface area contributed by atoms with E-state index < -0.39 is 0 Å². The van der Waals surface area contributed by atoms with Gasteiger partial charge in [0, 0.05) is 30.9 Å². The molecule has 1 N–H and O–H groups in total. The lowest BCUT2D eigenvalue weighted by Crippen LogP contribution is -2.36. The van der Waals surface area contributed by atoms with Crippen molar-refractivity contribution in [3.8, 4) is 0 Å². The molecule has 0 saturated carbocycles. The molecule has 2 aromatic rings. The van der Waals surface area contributed by atoms with Gasteiger partial charge in [0.2, 0.25) is 0 Å². The first kappa shape index (κ1) is 18.0. The number of hydrogen-bond donors (Lipinski definition) is 1. The van der Waals surface area contributed by atoms with Crippen LogP contribution in [0.4, 0.5) is 5.82 Å². The second-order valence-electron chi connectivity index (χ2n) is 6.22. The largest absolute Gasteiger partial charge is 0.370 e. The van der Waals surface area contributed by atoms with Crippen LogP contribution < -0.4 is 5.32 Å². The van der Waals surface area contributed by atoms with Crippen molar-refractivity contribution in [3.05, 3.63) is 59.8 Å². The summed E-state index contributed by atoms with van der Waals surface area (Å²) in [5.41, 5.74) is 1.81. The van der Waals surface area contributed by atoms with E-state index in [0.717, 1.165) is 30.8 Å². The van der Waals surface area contributed by atoms with Crippen LogP contribution in [0.5, 0.6) is 0 Å². The minimum atomic E-state index is 0.0368. The van der Waals surface area contributed by atoms with E-state index in [1.54, 1.807) is 12.3 Å². The molecule has 0 radical (unpaired) electrons. The summed E-state index contributed by atoms with van der Waals surface area (Å²) in [6, 6.07) is 13.8. The molecule has 1 heterocycles. The fourth-order valence-corrected chi connectivity index (χ4v) is 2.49. The number of rotatable bonds is 8. The highest BCUT2D eigenvalue weighted by Crippen LogP contribution is 2.15. The Hall–Kier alpha value is -2.36. The molecule has 1 aromatic heterocycles.